The van der Waals surface area contributed by atoms with Crippen LogP contribution in [-0.2, 0) is 42.6 Å². The summed E-state index contributed by atoms with van der Waals surface area (Å²) in [4.78, 5) is 0. The van der Waals surface area contributed by atoms with Gasteiger partial charge in [-0.1, -0.05) is 12.8 Å². The third kappa shape index (κ3) is 41.1. The van der Waals surface area contributed by atoms with Gasteiger partial charge in [0.05, 0.1) is 84.5 Å². The van der Waals surface area contributed by atoms with Crippen molar-refractivity contribution in [3.8, 4) is 0 Å². The lowest BCUT2D eigenvalue weighted by atomic mass is 10.1. The van der Waals surface area contributed by atoms with Crippen molar-refractivity contribution in [3.05, 3.63) is 0 Å². The second-order valence-corrected chi connectivity index (χ2v) is 14.2. The van der Waals surface area contributed by atoms with Gasteiger partial charge in [-0.3, -0.25) is 9.47 Å². The van der Waals surface area contributed by atoms with E-state index in [0.29, 0.717) is 19.3 Å². The Balaban J connectivity index is 0. The van der Waals surface area contributed by atoms with Crippen LogP contribution in [0.1, 0.15) is 51.9 Å². The van der Waals surface area contributed by atoms with Crippen molar-refractivity contribution in [2.24, 2.45) is 0 Å². The quantitative estimate of drug-likeness (QED) is 0.0264. The van der Waals surface area contributed by atoms with E-state index in [2.05, 4.69) is 37.9 Å². The molecule has 0 spiro atoms. The molecule has 0 aromatic heterocycles. The first-order valence-electron chi connectivity index (χ1n) is 19.5. The lowest BCUT2D eigenvalue weighted by Gasteiger charge is -2.28. The molecule has 0 rings (SSSR count). The highest BCUT2D eigenvalue weighted by Gasteiger charge is 2.54. The summed E-state index contributed by atoms with van der Waals surface area (Å²) in [7, 11) is 0. The summed E-state index contributed by atoms with van der Waals surface area (Å²) in [6.45, 7) is -12.7. The van der Waals surface area contributed by atoms with Crippen LogP contribution in [0.4, 0.5) is 61.5 Å². The maximum atomic E-state index is 13.7. The predicted octanol–water partition coefficient (Wildman–Crippen LogP) is 3.53. The maximum Gasteiger partial charge on any atom is 0.368 e. The minimum Gasteiger partial charge on any atom is -0.394 e. The van der Waals surface area contributed by atoms with Crippen LogP contribution >= 0.6 is 0 Å². The fourth-order valence-corrected chi connectivity index (χ4v) is 4.32. The van der Waals surface area contributed by atoms with Crippen LogP contribution < -0.4 is 0 Å². The van der Waals surface area contributed by atoms with Gasteiger partial charge in [0, 0.05) is 0 Å². The van der Waals surface area contributed by atoms with Crippen molar-refractivity contribution < 1.29 is 140 Å². The van der Waals surface area contributed by atoms with Gasteiger partial charge in [-0.25, -0.2) is 26.3 Å². The molecule has 0 amide bonds. The van der Waals surface area contributed by atoms with Crippen LogP contribution in [0.3, 0.4) is 0 Å². The van der Waals surface area contributed by atoms with Crippen molar-refractivity contribution in [3.63, 3.8) is 0 Å². The number of ether oxygens (including phenoxy) is 9. The molecule has 0 aromatic carbocycles. The molecule has 0 saturated carbocycles. The Kier molecular flexibility index (Phi) is 33.2. The van der Waals surface area contributed by atoms with Crippen molar-refractivity contribution >= 4 is 0 Å². The highest BCUT2D eigenvalue weighted by Crippen LogP contribution is 2.40. The molecule has 0 bridgehead atoms. The van der Waals surface area contributed by atoms with Gasteiger partial charge in [0.2, 0.25) is 0 Å². The normalized spacial score (nSPS) is 15.4. The van der Waals surface area contributed by atoms with Gasteiger partial charge in [0.25, 0.3) is 17.8 Å². The molecule has 30 heteroatoms. The first kappa shape index (κ1) is 65.5. The zero-order valence-corrected chi connectivity index (χ0v) is 35.2. The molecule has 7 N–H and O–H groups in total. The largest absolute Gasteiger partial charge is 0.394 e. The van der Waals surface area contributed by atoms with E-state index in [1.165, 1.54) is 0 Å². The smallest absolute Gasteiger partial charge is 0.368 e. The standard InChI is InChI=1S/C21H38F6O9.C14H22F8O7/c1-16(29)4-2-3-5-17(30)6-32-9-19(22,23)11-35-13-21(26,27)14-36-12-20(24,25)10-33-7-18(31)8-34-15-28;15-11(16,1-4-26-6-3-23)28-13(19,20)9-14(21,22)29-12(17,18)2-5-27-8-10(25)7-24/h16-18,28-31H,2-15H2,1H3;10,23-25H,1-9H2. The molecule has 0 saturated heterocycles. The third-order valence-corrected chi connectivity index (χ3v) is 7.15. The van der Waals surface area contributed by atoms with Gasteiger partial charge in [-0.2, -0.15) is 35.1 Å². The van der Waals surface area contributed by atoms with Gasteiger partial charge in [-0.05, 0) is 19.8 Å². The lowest BCUT2D eigenvalue weighted by Crippen LogP contribution is -2.42. The zero-order chi connectivity index (χ0) is 50.4. The summed E-state index contributed by atoms with van der Waals surface area (Å²) in [5, 5.41) is 62.2. The van der Waals surface area contributed by atoms with E-state index in [1.807, 2.05) is 0 Å². The second-order valence-electron chi connectivity index (χ2n) is 14.2. The SMILES string of the molecule is CC(O)CCCCC(O)COCC(F)(F)COCC(F)(F)COCC(F)(F)COCC(O)COCO.OCCOCCC(F)(F)OC(F)(F)CC(F)(F)OC(F)(F)CCOCC(O)CO. The summed E-state index contributed by atoms with van der Waals surface area (Å²) < 4.78 is 226. The number of alkyl halides is 14. The minimum absolute atomic E-state index is 0.285. The van der Waals surface area contributed by atoms with Gasteiger partial charge in [0.1, 0.15) is 65.1 Å². The molecule has 4 atom stereocenters. The molecule has 394 valence electrons. The van der Waals surface area contributed by atoms with Crippen LogP contribution in [0.25, 0.3) is 0 Å². The third-order valence-electron chi connectivity index (χ3n) is 7.15. The number of hydrogen-bond donors (Lipinski definition) is 7. The zero-order valence-electron chi connectivity index (χ0n) is 35.2. The van der Waals surface area contributed by atoms with Crippen LogP contribution in [0.2, 0.25) is 0 Å². The lowest BCUT2D eigenvalue weighted by molar-refractivity contribution is -0.432. The number of aliphatic hydroxyl groups excluding tert-OH is 7. The monoisotopic (exact) mass is 1000 g/mol. The summed E-state index contributed by atoms with van der Waals surface area (Å²) in [6, 6.07) is 0. The number of hydrogen-bond acceptors (Lipinski definition) is 16. The first-order valence-corrected chi connectivity index (χ1v) is 19.5. The Bertz CT molecular complexity index is 1170. The molecular weight excluding hydrogens is 942 g/mol. The van der Waals surface area contributed by atoms with Crippen LogP contribution in [0, 0.1) is 0 Å². The molecular formula is C35H60F14O16. The van der Waals surface area contributed by atoms with Gasteiger partial charge >= 0.3 is 24.4 Å². The van der Waals surface area contributed by atoms with Crippen molar-refractivity contribution in [1.82, 2.24) is 0 Å². The van der Waals surface area contributed by atoms with E-state index in [9.17, 15) is 71.7 Å². The average Bonchev–Trinajstić information content (AvgIpc) is 3.14. The van der Waals surface area contributed by atoms with E-state index in [4.69, 9.17) is 30.3 Å². The summed E-state index contributed by atoms with van der Waals surface area (Å²) in [5.41, 5.74) is 0. The Labute approximate surface area is 364 Å². The van der Waals surface area contributed by atoms with Gasteiger partial charge < -0.3 is 68.9 Å². The average molecular weight is 1000 g/mol. The predicted molar refractivity (Wildman–Crippen MR) is 191 cm³/mol. The van der Waals surface area contributed by atoms with E-state index in [1.54, 1.807) is 6.92 Å². The Hall–Kier alpha value is -1.62. The van der Waals surface area contributed by atoms with Crippen molar-refractivity contribution in [1.29, 1.82) is 0 Å². The topological polar surface area (TPSA) is 225 Å². The van der Waals surface area contributed by atoms with Crippen LogP contribution in [-0.4, -0.2) is 208 Å². The van der Waals surface area contributed by atoms with E-state index < -0.39 is 172 Å². The van der Waals surface area contributed by atoms with Crippen molar-refractivity contribution in [2.45, 2.75) is 118 Å². The molecule has 65 heavy (non-hydrogen) atoms. The summed E-state index contributed by atoms with van der Waals surface area (Å²) >= 11 is 0. The Morgan fingerprint density at radius 3 is 1.22 bits per heavy atom. The molecule has 0 aliphatic heterocycles. The van der Waals surface area contributed by atoms with Gasteiger partial charge in [-0.15, -0.1) is 0 Å². The molecule has 0 radical (unpaired) electrons. The molecule has 0 aromatic rings. The fourth-order valence-electron chi connectivity index (χ4n) is 4.32. The van der Waals surface area contributed by atoms with Gasteiger partial charge in [0.15, 0.2) is 0 Å². The van der Waals surface area contributed by atoms with Crippen LogP contribution in [0.15, 0.2) is 0 Å². The first-order chi connectivity index (χ1) is 29.8. The minimum atomic E-state index is -5.25. The molecule has 0 aliphatic rings. The number of rotatable bonds is 41. The molecule has 0 heterocycles. The number of halogens is 14. The maximum absolute atomic E-state index is 13.7. The summed E-state index contributed by atoms with van der Waals surface area (Å²) in [6.07, 6.45) is -27.8. The molecule has 4 unspecified atom stereocenters. The van der Waals surface area contributed by atoms with E-state index >= 15 is 0 Å². The molecule has 0 fully saturated rings. The highest BCUT2D eigenvalue weighted by atomic mass is 19.3. The van der Waals surface area contributed by atoms with E-state index in [0.717, 1.165) is 0 Å². The molecule has 0 aliphatic carbocycles. The fraction of sp³-hybridized carbons (Fsp3) is 1.00. The van der Waals surface area contributed by atoms with Crippen molar-refractivity contribution in [2.75, 3.05) is 106 Å². The number of aliphatic hydroxyl groups is 7. The molecule has 16 nitrogen and oxygen atoms in total. The van der Waals surface area contributed by atoms with E-state index in [-0.39, 0.29) is 26.2 Å². The van der Waals surface area contributed by atoms with Crippen LogP contribution in [0.5, 0.6) is 0 Å². The Morgan fingerprint density at radius 2 is 0.800 bits per heavy atom. The Morgan fingerprint density at radius 1 is 0.415 bits per heavy atom. The summed E-state index contributed by atoms with van der Waals surface area (Å²) in [5.74, 6) is -11.1. The highest BCUT2D eigenvalue weighted by molar-refractivity contribution is 4.72. The second kappa shape index (κ2) is 33.0. The number of unbranched alkanes of at least 4 members (excludes halogenated alkanes) is 1.